The highest BCUT2D eigenvalue weighted by Gasteiger charge is 1.95. The van der Waals surface area contributed by atoms with Crippen LogP contribution in [0.1, 0.15) is 20.8 Å². The summed E-state index contributed by atoms with van der Waals surface area (Å²) in [5, 5.41) is 0. The molecule has 0 saturated heterocycles. The van der Waals surface area contributed by atoms with Gasteiger partial charge in [0, 0.05) is 20.3 Å². The Hall–Kier alpha value is -0.980. The van der Waals surface area contributed by atoms with Crippen molar-refractivity contribution in [2.75, 3.05) is 14.1 Å². The van der Waals surface area contributed by atoms with Crippen molar-refractivity contribution in [1.82, 2.24) is 4.90 Å². The second-order valence-corrected chi connectivity index (χ2v) is 3.29. The van der Waals surface area contributed by atoms with Gasteiger partial charge in [-0.3, -0.25) is 0 Å². The summed E-state index contributed by atoms with van der Waals surface area (Å²) in [7, 11) is 4.06. The zero-order valence-electron chi connectivity index (χ0n) is 8.81. The number of allylic oxidation sites excluding steroid dienone is 4. The molecule has 0 aromatic heterocycles. The normalized spacial score (nSPS) is 13.9. The molecule has 0 atom stereocenters. The fourth-order valence-electron chi connectivity index (χ4n) is 0.948. The number of rotatable bonds is 3. The van der Waals surface area contributed by atoms with E-state index in [1.807, 2.05) is 20.2 Å². The van der Waals surface area contributed by atoms with Crippen LogP contribution in [0.25, 0.3) is 0 Å². The minimum atomic E-state index is 1.24. The molecule has 0 aliphatic carbocycles. The molecule has 0 rings (SSSR count). The summed E-state index contributed by atoms with van der Waals surface area (Å²) in [5.41, 5.74) is 3.83. The Morgan fingerprint density at radius 2 is 1.67 bits per heavy atom. The molecular weight excluding hydrogens is 146 g/mol. The van der Waals surface area contributed by atoms with E-state index < -0.39 is 0 Å². The third kappa shape index (κ3) is 3.42. The Bertz CT molecular complexity index is 219. The van der Waals surface area contributed by atoms with Gasteiger partial charge >= 0.3 is 0 Å². The standard InChI is InChI=1S/C11H19N/c1-7-9(2)11(4)10(3)8-12(5)6/h7-8H,1H2,2-6H3/b10-8-,11-9-. The largest absolute Gasteiger partial charge is 0.383 e. The summed E-state index contributed by atoms with van der Waals surface area (Å²) in [5.74, 6) is 0. The molecule has 0 aromatic carbocycles. The summed E-state index contributed by atoms with van der Waals surface area (Å²) in [6.45, 7) is 10.1. The average molecular weight is 165 g/mol. The number of hydrogen-bond donors (Lipinski definition) is 0. The smallest absolute Gasteiger partial charge is 0.00557 e. The summed E-state index contributed by atoms with van der Waals surface area (Å²) in [6.07, 6.45) is 4.00. The fourth-order valence-corrected chi connectivity index (χ4v) is 0.948. The van der Waals surface area contributed by atoms with Gasteiger partial charge in [-0.1, -0.05) is 12.7 Å². The summed E-state index contributed by atoms with van der Waals surface area (Å²) in [4.78, 5) is 2.05. The molecule has 0 unspecified atom stereocenters. The van der Waals surface area contributed by atoms with Crippen LogP contribution < -0.4 is 0 Å². The molecular formula is C11H19N. The molecule has 0 fully saturated rings. The minimum Gasteiger partial charge on any atom is -0.383 e. The van der Waals surface area contributed by atoms with Crippen LogP contribution in [0.3, 0.4) is 0 Å². The lowest BCUT2D eigenvalue weighted by Crippen LogP contribution is -2.02. The van der Waals surface area contributed by atoms with Gasteiger partial charge in [-0.2, -0.15) is 0 Å². The van der Waals surface area contributed by atoms with E-state index in [9.17, 15) is 0 Å². The zero-order chi connectivity index (χ0) is 9.72. The third-order valence-electron chi connectivity index (χ3n) is 1.94. The first-order valence-electron chi connectivity index (χ1n) is 4.14. The predicted molar refractivity (Wildman–Crippen MR) is 56.0 cm³/mol. The lowest BCUT2D eigenvalue weighted by Gasteiger charge is -2.09. The quantitative estimate of drug-likeness (QED) is 0.581. The van der Waals surface area contributed by atoms with Crippen LogP contribution in [-0.4, -0.2) is 19.0 Å². The fraction of sp³-hybridized carbons (Fsp3) is 0.455. The van der Waals surface area contributed by atoms with Gasteiger partial charge in [0.05, 0.1) is 0 Å². The van der Waals surface area contributed by atoms with Crippen molar-refractivity contribution in [1.29, 1.82) is 0 Å². The van der Waals surface area contributed by atoms with E-state index in [1.54, 1.807) is 0 Å². The Morgan fingerprint density at radius 3 is 2.00 bits per heavy atom. The summed E-state index contributed by atoms with van der Waals surface area (Å²) >= 11 is 0. The van der Waals surface area contributed by atoms with Crippen molar-refractivity contribution in [2.24, 2.45) is 0 Å². The number of nitrogens with zero attached hydrogens (tertiary/aromatic N) is 1. The van der Waals surface area contributed by atoms with E-state index in [0.29, 0.717) is 0 Å². The number of hydrogen-bond acceptors (Lipinski definition) is 1. The molecule has 0 bridgehead atoms. The second-order valence-electron chi connectivity index (χ2n) is 3.29. The van der Waals surface area contributed by atoms with Gasteiger partial charge in [0.2, 0.25) is 0 Å². The van der Waals surface area contributed by atoms with Crippen molar-refractivity contribution in [3.05, 3.63) is 35.6 Å². The van der Waals surface area contributed by atoms with Gasteiger partial charge in [-0.25, -0.2) is 0 Å². The van der Waals surface area contributed by atoms with Crippen LogP contribution in [0.4, 0.5) is 0 Å². The molecule has 68 valence electrons. The lowest BCUT2D eigenvalue weighted by molar-refractivity contribution is 0.559. The van der Waals surface area contributed by atoms with E-state index in [2.05, 4.69) is 38.5 Å². The van der Waals surface area contributed by atoms with Gasteiger partial charge in [-0.05, 0) is 37.5 Å². The Labute approximate surface area is 76.1 Å². The van der Waals surface area contributed by atoms with Crippen LogP contribution in [0.5, 0.6) is 0 Å². The Kier molecular flexibility index (Phi) is 4.42. The molecule has 1 heteroatoms. The zero-order valence-corrected chi connectivity index (χ0v) is 8.81. The SMILES string of the molecule is C=C/C(C)=C(C)\C(C)=C/N(C)C. The van der Waals surface area contributed by atoms with Crippen LogP contribution in [0, 0.1) is 0 Å². The van der Waals surface area contributed by atoms with Crippen LogP contribution in [-0.2, 0) is 0 Å². The highest BCUT2D eigenvalue weighted by atomic mass is 15.0. The molecule has 1 nitrogen and oxygen atoms in total. The van der Waals surface area contributed by atoms with Crippen molar-refractivity contribution >= 4 is 0 Å². The maximum absolute atomic E-state index is 3.74. The minimum absolute atomic E-state index is 1.24. The van der Waals surface area contributed by atoms with Crippen molar-refractivity contribution in [2.45, 2.75) is 20.8 Å². The van der Waals surface area contributed by atoms with Gasteiger partial charge in [0.1, 0.15) is 0 Å². The van der Waals surface area contributed by atoms with Gasteiger partial charge in [0.25, 0.3) is 0 Å². The average Bonchev–Trinajstić information content (AvgIpc) is 2.00. The van der Waals surface area contributed by atoms with E-state index in [0.717, 1.165) is 0 Å². The van der Waals surface area contributed by atoms with Gasteiger partial charge in [0.15, 0.2) is 0 Å². The van der Waals surface area contributed by atoms with Crippen molar-refractivity contribution in [3.8, 4) is 0 Å². The van der Waals surface area contributed by atoms with E-state index in [-0.39, 0.29) is 0 Å². The molecule has 0 radical (unpaired) electrons. The predicted octanol–water partition coefficient (Wildman–Crippen LogP) is 2.97. The summed E-state index contributed by atoms with van der Waals surface area (Å²) < 4.78 is 0. The van der Waals surface area contributed by atoms with Crippen LogP contribution >= 0.6 is 0 Å². The third-order valence-corrected chi connectivity index (χ3v) is 1.94. The van der Waals surface area contributed by atoms with Gasteiger partial charge < -0.3 is 4.90 Å². The van der Waals surface area contributed by atoms with Crippen LogP contribution in [0.15, 0.2) is 35.6 Å². The lowest BCUT2D eigenvalue weighted by atomic mass is 10.1. The monoisotopic (exact) mass is 165 g/mol. The molecule has 0 aliphatic heterocycles. The molecule has 0 N–H and O–H groups in total. The molecule has 0 aliphatic rings. The highest BCUT2D eigenvalue weighted by molar-refractivity contribution is 5.35. The van der Waals surface area contributed by atoms with E-state index in [4.69, 9.17) is 0 Å². The molecule has 0 amide bonds. The molecule has 0 heterocycles. The Morgan fingerprint density at radius 1 is 1.17 bits per heavy atom. The van der Waals surface area contributed by atoms with Crippen molar-refractivity contribution in [3.63, 3.8) is 0 Å². The highest BCUT2D eigenvalue weighted by Crippen LogP contribution is 2.14. The maximum atomic E-state index is 3.74. The first-order valence-corrected chi connectivity index (χ1v) is 4.14. The molecule has 0 aromatic rings. The molecule has 12 heavy (non-hydrogen) atoms. The molecule has 0 spiro atoms. The maximum Gasteiger partial charge on any atom is 0.00557 e. The van der Waals surface area contributed by atoms with Crippen LogP contribution in [0.2, 0.25) is 0 Å². The van der Waals surface area contributed by atoms with Gasteiger partial charge in [-0.15, -0.1) is 0 Å². The first kappa shape index (κ1) is 11.0. The topological polar surface area (TPSA) is 3.24 Å². The Balaban J connectivity index is 4.70. The van der Waals surface area contributed by atoms with E-state index in [1.165, 1.54) is 16.7 Å². The molecule has 0 saturated carbocycles. The summed E-state index contributed by atoms with van der Waals surface area (Å²) in [6, 6.07) is 0. The van der Waals surface area contributed by atoms with E-state index >= 15 is 0 Å². The first-order chi connectivity index (χ1) is 5.49. The second kappa shape index (κ2) is 4.81. The van der Waals surface area contributed by atoms with Crippen molar-refractivity contribution < 1.29 is 0 Å².